The first-order chi connectivity index (χ1) is 9.40. The van der Waals surface area contributed by atoms with E-state index in [9.17, 15) is 0 Å². The minimum Gasteiger partial charge on any atom is -0.377 e. The highest BCUT2D eigenvalue weighted by atomic mass is 16.5. The van der Waals surface area contributed by atoms with Crippen LogP contribution in [0.5, 0.6) is 0 Å². The van der Waals surface area contributed by atoms with Crippen LogP contribution >= 0.6 is 0 Å². The summed E-state index contributed by atoms with van der Waals surface area (Å²) in [5.74, 6) is 0.794. The van der Waals surface area contributed by atoms with Crippen molar-refractivity contribution in [3.8, 4) is 0 Å². The summed E-state index contributed by atoms with van der Waals surface area (Å²) in [6, 6.07) is 10.5. The SMILES string of the molecule is CCC1CCCCC1OCCNCc1ccccc1. The van der Waals surface area contributed by atoms with Crippen LogP contribution in [0.2, 0.25) is 0 Å². The van der Waals surface area contributed by atoms with Gasteiger partial charge in [0.05, 0.1) is 12.7 Å². The molecule has 2 nitrogen and oxygen atoms in total. The molecule has 1 aliphatic rings. The molecule has 2 heteroatoms. The molecule has 1 aromatic carbocycles. The Bertz CT molecular complexity index is 338. The fourth-order valence-electron chi connectivity index (χ4n) is 2.97. The number of benzene rings is 1. The zero-order valence-corrected chi connectivity index (χ0v) is 12.1. The molecule has 2 atom stereocenters. The summed E-state index contributed by atoms with van der Waals surface area (Å²) in [6.45, 7) is 5.02. The van der Waals surface area contributed by atoms with Crippen molar-refractivity contribution < 1.29 is 4.74 Å². The monoisotopic (exact) mass is 261 g/mol. The molecular weight excluding hydrogens is 234 g/mol. The van der Waals surface area contributed by atoms with Gasteiger partial charge < -0.3 is 10.1 Å². The molecule has 0 saturated heterocycles. The summed E-state index contributed by atoms with van der Waals surface area (Å²) in [5.41, 5.74) is 1.34. The molecule has 106 valence electrons. The van der Waals surface area contributed by atoms with Gasteiger partial charge in [-0.2, -0.15) is 0 Å². The Balaban J connectivity index is 1.58. The van der Waals surface area contributed by atoms with Crippen molar-refractivity contribution in [1.29, 1.82) is 0 Å². The lowest BCUT2D eigenvalue weighted by atomic mass is 9.85. The second-order valence-electron chi connectivity index (χ2n) is 5.52. The van der Waals surface area contributed by atoms with Gasteiger partial charge in [0.25, 0.3) is 0 Å². The molecule has 1 fully saturated rings. The molecule has 2 unspecified atom stereocenters. The van der Waals surface area contributed by atoms with Gasteiger partial charge in [-0.25, -0.2) is 0 Å². The average molecular weight is 261 g/mol. The van der Waals surface area contributed by atoms with E-state index >= 15 is 0 Å². The molecule has 0 bridgehead atoms. The predicted octanol–water partition coefficient (Wildman–Crippen LogP) is 3.76. The first-order valence-electron chi connectivity index (χ1n) is 7.76. The average Bonchev–Trinajstić information content (AvgIpc) is 2.48. The first kappa shape index (κ1) is 14.5. The third kappa shape index (κ3) is 4.96. The first-order valence-corrected chi connectivity index (χ1v) is 7.76. The fraction of sp³-hybridized carbons (Fsp3) is 0.647. The van der Waals surface area contributed by atoms with E-state index < -0.39 is 0 Å². The summed E-state index contributed by atoms with van der Waals surface area (Å²) in [6.07, 6.45) is 7.14. The van der Waals surface area contributed by atoms with E-state index in [1.54, 1.807) is 0 Å². The fourth-order valence-corrected chi connectivity index (χ4v) is 2.97. The van der Waals surface area contributed by atoms with E-state index in [0.29, 0.717) is 6.10 Å². The van der Waals surface area contributed by atoms with Crippen molar-refractivity contribution in [2.45, 2.75) is 51.7 Å². The molecule has 0 heterocycles. The summed E-state index contributed by atoms with van der Waals surface area (Å²) in [5, 5.41) is 3.45. The highest BCUT2D eigenvalue weighted by molar-refractivity contribution is 5.14. The van der Waals surface area contributed by atoms with Gasteiger partial charge in [-0.3, -0.25) is 0 Å². The van der Waals surface area contributed by atoms with Gasteiger partial charge in [0, 0.05) is 13.1 Å². The van der Waals surface area contributed by atoms with Crippen LogP contribution in [0.15, 0.2) is 30.3 Å². The molecule has 0 aliphatic heterocycles. The minimum atomic E-state index is 0.511. The van der Waals surface area contributed by atoms with Gasteiger partial charge in [-0.15, -0.1) is 0 Å². The number of ether oxygens (including phenoxy) is 1. The Kier molecular flexibility index (Phi) is 6.38. The van der Waals surface area contributed by atoms with E-state index in [-0.39, 0.29) is 0 Å². The maximum Gasteiger partial charge on any atom is 0.0603 e. The highest BCUT2D eigenvalue weighted by Crippen LogP contribution is 2.28. The standard InChI is InChI=1S/C17H27NO/c1-2-16-10-6-7-11-17(16)19-13-12-18-14-15-8-4-3-5-9-15/h3-5,8-9,16-18H,2,6-7,10-14H2,1H3. The third-order valence-electron chi connectivity index (χ3n) is 4.15. The molecule has 1 aromatic rings. The number of hydrogen-bond donors (Lipinski definition) is 1. The lowest BCUT2D eigenvalue weighted by Crippen LogP contribution is -2.30. The van der Waals surface area contributed by atoms with E-state index in [4.69, 9.17) is 4.74 Å². The summed E-state index contributed by atoms with van der Waals surface area (Å²) in [4.78, 5) is 0. The number of nitrogens with one attached hydrogen (secondary N) is 1. The van der Waals surface area contributed by atoms with Crippen molar-refractivity contribution >= 4 is 0 Å². The molecule has 2 rings (SSSR count). The number of rotatable bonds is 7. The van der Waals surface area contributed by atoms with E-state index in [1.165, 1.54) is 37.7 Å². The lowest BCUT2D eigenvalue weighted by molar-refractivity contribution is -0.0103. The van der Waals surface area contributed by atoms with E-state index in [2.05, 4.69) is 42.6 Å². The van der Waals surface area contributed by atoms with E-state index in [1.807, 2.05) is 0 Å². The molecule has 0 amide bonds. The van der Waals surface area contributed by atoms with Crippen LogP contribution in [0.3, 0.4) is 0 Å². The van der Waals surface area contributed by atoms with Crippen molar-refractivity contribution in [1.82, 2.24) is 5.32 Å². The maximum absolute atomic E-state index is 6.06. The maximum atomic E-state index is 6.06. The van der Waals surface area contributed by atoms with Crippen LogP contribution in [-0.2, 0) is 11.3 Å². The van der Waals surface area contributed by atoms with Crippen LogP contribution in [0.1, 0.15) is 44.6 Å². The molecule has 19 heavy (non-hydrogen) atoms. The van der Waals surface area contributed by atoms with Crippen LogP contribution in [0, 0.1) is 5.92 Å². The molecule has 1 N–H and O–H groups in total. The van der Waals surface area contributed by atoms with Gasteiger partial charge in [-0.1, -0.05) is 56.5 Å². The Morgan fingerprint density at radius 1 is 1.16 bits per heavy atom. The Morgan fingerprint density at radius 2 is 1.95 bits per heavy atom. The second-order valence-corrected chi connectivity index (χ2v) is 5.52. The summed E-state index contributed by atoms with van der Waals surface area (Å²) < 4.78 is 6.06. The lowest BCUT2D eigenvalue weighted by Gasteiger charge is -2.30. The Labute approximate surface area is 117 Å². The second kappa shape index (κ2) is 8.34. The smallest absolute Gasteiger partial charge is 0.0603 e. The number of hydrogen-bond acceptors (Lipinski definition) is 2. The Hall–Kier alpha value is -0.860. The molecule has 0 spiro atoms. The predicted molar refractivity (Wildman–Crippen MR) is 80.1 cm³/mol. The zero-order chi connectivity index (χ0) is 13.3. The largest absolute Gasteiger partial charge is 0.377 e. The van der Waals surface area contributed by atoms with Crippen LogP contribution < -0.4 is 5.32 Å². The van der Waals surface area contributed by atoms with Gasteiger partial charge in [0.15, 0.2) is 0 Å². The zero-order valence-electron chi connectivity index (χ0n) is 12.1. The molecule has 0 aromatic heterocycles. The topological polar surface area (TPSA) is 21.3 Å². The van der Waals surface area contributed by atoms with Gasteiger partial charge in [0.1, 0.15) is 0 Å². The van der Waals surface area contributed by atoms with Crippen molar-refractivity contribution in [2.24, 2.45) is 5.92 Å². The molecule has 0 radical (unpaired) electrons. The third-order valence-corrected chi connectivity index (χ3v) is 4.15. The van der Waals surface area contributed by atoms with Crippen LogP contribution in [0.25, 0.3) is 0 Å². The molecule has 1 aliphatic carbocycles. The highest BCUT2D eigenvalue weighted by Gasteiger charge is 2.23. The van der Waals surface area contributed by atoms with Crippen molar-refractivity contribution in [2.75, 3.05) is 13.2 Å². The normalized spacial score (nSPS) is 23.4. The summed E-state index contributed by atoms with van der Waals surface area (Å²) >= 11 is 0. The van der Waals surface area contributed by atoms with Gasteiger partial charge in [-0.05, 0) is 24.3 Å². The van der Waals surface area contributed by atoms with E-state index in [0.717, 1.165) is 25.6 Å². The van der Waals surface area contributed by atoms with Crippen LogP contribution in [0.4, 0.5) is 0 Å². The summed E-state index contributed by atoms with van der Waals surface area (Å²) in [7, 11) is 0. The van der Waals surface area contributed by atoms with Crippen LogP contribution in [-0.4, -0.2) is 19.3 Å². The molecule has 1 saturated carbocycles. The van der Waals surface area contributed by atoms with Gasteiger partial charge >= 0.3 is 0 Å². The quantitative estimate of drug-likeness (QED) is 0.755. The Morgan fingerprint density at radius 3 is 2.74 bits per heavy atom. The van der Waals surface area contributed by atoms with Gasteiger partial charge in [0.2, 0.25) is 0 Å². The molecular formula is C17H27NO. The van der Waals surface area contributed by atoms with Crippen molar-refractivity contribution in [3.05, 3.63) is 35.9 Å². The van der Waals surface area contributed by atoms with Crippen molar-refractivity contribution in [3.63, 3.8) is 0 Å². The minimum absolute atomic E-state index is 0.511.